The third kappa shape index (κ3) is 3.96. The molecular formula is C15H19N3S2. The average Bonchev–Trinajstić information content (AvgIpc) is 2.95. The van der Waals surface area contributed by atoms with E-state index in [2.05, 4.69) is 21.4 Å². The molecule has 0 radical (unpaired) electrons. The van der Waals surface area contributed by atoms with E-state index in [4.69, 9.17) is 0 Å². The van der Waals surface area contributed by atoms with Gasteiger partial charge >= 0.3 is 0 Å². The Morgan fingerprint density at radius 1 is 1.25 bits per heavy atom. The van der Waals surface area contributed by atoms with Crippen LogP contribution in [-0.4, -0.2) is 16.0 Å². The van der Waals surface area contributed by atoms with Crippen molar-refractivity contribution in [3.8, 4) is 0 Å². The molecule has 0 bridgehead atoms. The molecule has 0 saturated heterocycles. The first-order valence-corrected chi connectivity index (χ1v) is 8.94. The van der Waals surface area contributed by atoms with Crippen LogP contribution in [0.4, 0.5) is 5.13 Å². The van der Waals surface area contributed by atoms with Crippen LogP contribution in [0.3, 0.4) is 0 Å². The summed E-state index contributed by atoms with van der Waals surface area (Å²) in [6, 6.07) is 4.73. The fourth-order valence-electron chi connectivity index (χ4n) is 2.45. The van der Waals surface area contributed by atoms with Crippen LogP contribution in [0.2, 0.25) is 0 Å². The maximum atomic E-state index is 4.49. The lowest BCUT2D eigenvalue weighted by Crippen LogP contribution is -2.21. The Balaban J connectivity index is 1.51. The Bertz CT molecular complexity index is 521. The molecule has 2 aromatic heterocycles. The van der Waals surface area contributed by atoms with Crippen LogP contribution in [0.25, 0.3) is 0 Å². The highest BCUT2D eigenvalue weighted by atomic mass is 32.2. The molecule has 20 heavy (non-hydrogen) atoms. The first-order valence-electron chi connectivity index (χ1n) is 7.14. The fourth-order valence-corrected chi connectivity index (χ4v) is 4.34. The molecule has 1 fully saturated rings. The monoisotopic (exact) mass is 305 g/mol. The third-order valence-electron chi connectivity index (χ3n) is 3.52. The van der Waals surface area contributed by atoms with E-state index in [9.17, 15) is 0 Å². The number of anilines is 1. The number of hydrogen-bond donors (Lipinski definition) is 1. The zero-order valence-corrected chi connectivity index (χ0v) is 13.1. The van der Waals surface area contributed by atoms with Gasteiger partial charge in [-0.05, 0) is 24.5 Å². The SMILES string of the molecule is c1cncc(CSc2cnc(NC3CCCCC3)s2)c1. The molecule has 2 aromatic rings. The molecule has 1 saturated carbocycles. The molecule has 3 nitrogen and oxygen atoms in total. The van der Waals surface area contributed by atoms with Crippen LogP contribution < -0.4 is 5.32 Å². The highest BCUT2D eigenvalue weighted by Gasteiger charge is 2.14. The van der Waals surface area contributed by atoms with E-state index in [1.807, 2.05) is 36.4 Å². The smallest absolute Gasteiger partial charge is 0.183 e. The maximum absolute atomic E-state index is 4.49. The van der Waals surface area contributed by atoms with Gasteiger partial charge in [0.1, 0.15) is 0 Å². The first kappa shape index (κ1) is 13.9. The summed E-state index contributed by atoms with van der Waals surface area (Å²) in [4.78, 5) is 8.64. The van der Waals surface area contributed by atoms with Crippen molar-refractivity contribution in [1.29, 1.82) is 0 Å². The van der Waals surface area contributed by atoms with Gasteiger partial charge in [-0.15, -0.1) is 11.8 Å². The molecule has 1 aliphatic carbocycles. The predicted molar refractivity (Wildman–Crippen MR) is 86.4 cm³/mol. The van der Waals surface area contributed by atoms with Crippen molar-refractivity contribution < 1.29 is 0 Å². The van der Waals surface area contributed by atoms with Crippen molar-refractivity contribution in [1.82, 2.24) is 9.97 Å². The van der Waals surface area contributed by atoms with Gasteiger partial charge in [0, 0.05) is 24.2 Å². The van der Waals surface area contributed by atoms with Gasteiger partial charge in [-0.2, -0.15) is 0 Å². The Morgan fingerprint density at radius 2 is 2.15 bits per heavy atom. The summed E-state index contributed by atoms with van der Waals surface area (Å²) in [7, 11) is 0. The zero-order chi connectivity index (χ0) is 13.6. The summed E-state index contributed by atoms with van der Waals surface area (Å²) in [6.07, 6.45) is 12.4. The van der Waals surface area contributed by atoms with E-state index in [0.29, 0.717) is 6.04 Å². The van der Waals surface area contributed by atoms with Crippen LogP contribution >= 0.6 is 23.1 Å². The van der Waals surface area contributed by atoms with Crippen LogP contribution in [0.1, 0.15) is 37.7 Å². The lowest BCUT2D eigenvalue weighted by Gasteiger charge is -2.22. The minimum atomic E-state index is 0.631. The Hall–Kier alpha value is -1.07. The Morgan fingerprint density at radius 3 is 2.95 bits per heavy atom. The number of rotatable bonds is 5. The molecule has 3 rings (SSSR count). The molecule has 1 aliphatic rings. The average molecular weight is 305 g/mol. The topological polar surface area (TPSA) is 37.8 Å². The van der Waals surface area contributed by atoms with Crippen LogP contribution in [-0.2, 0) is 5.75 Å². The molecule has 0 aliphatic heterocycles. The molecule has 0 unspecified atom stereocenters. The summed E-state index contributed by atoms with van der Waals surface area (Å²) in [5, 5.41) is 4.66. The molecule has 0 aromatic carbocycles. The minimum Gasteiger partial charge on any atom is -0.359 e. The minimum absolute atomic E-state index is 0.631. The number of aromatic nitrogens is 2. The van der Waals surface area contributed by atoms with E-state index in [1.165, 1.54) is 41.9 Å². The van der Waals surface area contributed by atoms with Gasteiger partial charge in [-0.25, -0.2) is 4.98 Å². The second-order valence-electron chi connectivity index (χ2n) is 5.11. The van der Waals surface area contributed by atoms with E-state index in [0.717, 1.165) is 10.9 Å². The quantitative estimate of drug-likeness (QED) is 0.821. The van der Waals surface area contributed by atoms with Crippen LogP contribution in [0, 0.1) is 0 Å². The predicted octanol–water partition coefficient (Wildman–Crippen LogP) is 4.58. The van der Waals surface area contributed by atoms with E-state index in [-0.39, 0.29) is 0 Å². The normalized spacial score (nSPS) is 16.2. The second-order valence-corrected chi connectivity index (χ2v) is 7.42. The van der Waals surface area contributed by atoms with Gasteiger partial charge in [0.15, 0.2) is 5.13 Å². The Labute approximate surface area is 128 Å². The van der Waals surface area contributed by atoms with Crippen molar-refractivity contribution in [2.24, 2.45) is 0 Å². The first-order chi connectivity index (χ1) is 9.90. The van der Waals surface area contributed by atoms with Crippen molar-refractivity contribution in [2.45, 2.75) is 48.1 Å². The molecule has 0 amide bonds. The molecule has 0 spiro atoms. The summed E-state index contributed by atoms with van der Waals surface area (Å²) < 4.78 is 1.27. The molecule has 2 heterocycles. The van der Waals surface area contributed by atoms with E-state index < -0.39 is 0 Å². The third-order valence-corrected chi connectivity index (χ3v) is 5.72. The van der Waals surface area contributed by atoms with Crippen molar-refractivity contribution >= 4 is 28.2 Å². The number of thioether (sulfide) groups is 1. The van der Waals surface area contributed by atoms with Crippen LogP contribution in [0.5, 0.6) is 0 Å². The van der Waals surface area contributed by atoms with Gasteiger partial charge in [0.05, 0.1) is 10.4 Å². The van der Waals surface area contributed by atoms with E-state index in [1.54, 1.807) is 11.3 Å². The number of hydrogen-bond acceptors (Lipinski definition) is 5. The lowest BCUT2D eigenvalue weighted by atomic mass is 9.96. The maximum Gasteiger partial charge on any atom is 0.183 e. The molecular weight excluding hydrogens is 286 g/mol. The van der Waals surface area contributed by atoms with Crippen LogP contribution in [0.15, 0.2) is 34.9 Å². The van der Waals surface area contributed by atoms with Crippen molar-refractivity contribution in [2.75, 3.05) is 5.32 Å². The van der Waals surface area contributed by atoms with E-state index >= 15 is 0 Å². The molecule has 5 heteroatoms. The number of pyridine rings is 1. The largest absolute Gasteiger partial charge is 0.359 e. The van der Waals surface area contributed by atoms with Gasteiger partial charge in [0.2, 0.25) is 0 Å². The summed E-state index contributed by atoms with van der Waals surface area (Å²) >= 11 is 3.60. The number of thiazole rings is 1. The number of nitrogens with zero attached hydrogens (tertiary/aromatic N) is 2. The second kappa shape index (κ2) is 7.09. The van der Waals surface area contributed by atoms with Gasteiger partial charge in [-0.3, -0.25) is 4.98 Å². The summed E-state index contributed by atoms with van der Waals surface area (Å²) in [5.41, 5.74) is 1.26. The fraction of sp³-hybridized carbons (Fsp3) is 0.467. The van der Waals surface area contributed by atoms with Gasteiger partial charge in [-0.1, -0.05) is 36.7 Å². The van der Waals surface area contributed by atoms with Gasteiger partial charge < -0.3 is 5.32 Å². The zero-order valence-electron chi connectivity index (χ0n) is 11.4. The molecule has 1 N–H and O–H groups in total. The van der Waals surface area contributed by atoms with Crippen molar-refractivity contribution in [3.63, 3.8) is 0 Å². The molecule has 106 valence electrons. The Kier molecular flexibility index (Phi) is 4.92. The van der Waals surface area contributed by atoms with Crippen molar-refractivity contribution in [3.05, 3.63) is 36.3 Å². The summed E-state index contributed by atoms with van der Waals surface area (Å²) in [6.45, 7) is 0. The lowest BCUT2D eigenvalue weighted by molar-refractivity contribution is 0.462. The van der Waals surface area contributed by atoms with Gasteiger partial charge in [0.25, 0.3) is 0 Å². The highest BCUT2D eigenvalue weighted by molar-refractivity contribution is 8.00. The number of nitrogens with one attached hydrogen (secondary N) is 1. The summed E-state index contributed by atoms with van der Waals surface area (Å²) in [5.74, 6) is 0.957. The highest BCUT2D eigenvalue weighted by Crippen LogP contribution is 2.32. The standard InChI is InChI=1S/C15H19N3S2/c1-2-6-13(7-3-1)18-15-17-10-14(20-15)19-11-12-5-4-8-16-9-12/h4-5,8-10,13H,1-3,6-7,11H2,(H,17,18). The molecule has 0 atom stereocenters.